The predicted octanol–water partition coefficient (Wildman–Crippen LogP) is -1.06. The molecule has 134 valence electrons. The van der Waals surface area contributed by atoms with Gasteiger partial charge in [-0.15, -0.1) is 4.83 Å². The second kappa shape index (κ2) is 7.03. The molecule has 0 aliphatic heterocycles. The molecule has 2 rings (SSSR count). The van der Waals surface area contributed by atoms with Gasteiger partial charge >= 0.3 is 5.69 Å². The number of aromatic nitrogens is 2. The summed E-state index contributed by atoms with van der Waals surface area (Å²) in [6.45, 7) is 1.91. The molecule has 1 aromatic heterocycles. The summed E-state index contributed by atoms with van der Waals surface area (Å²) in [7, 11) is -1.84. The number of nitrogens with one attached hydrogen (secondary N) is 2. The van der Waals surface area contributed by atoms with Crippen LogP contribution < -0.4 is 21.5 Å². The highest BCUT2D eigenvalue weighted by atomic mass is 32.2. The summed E-state index contributed by atoms with van der Waals surface area (Å²) in [4.78, 5) is 36.7. The lowest BCUT2D eigenvalue weighted by atomic mass is 10.1. The number of amides is 1. The molecular formula is C15H18N4O5S. The van der Waals surface area contributed by atoms with Gasteiger partial charge in [0.1, 0.15) is 0 Å². The maximum Gasteiger partial charge on any atom is 0.330 e. The summed E-state index contributed by atoms with van der Waals surface area (Å²) in [6.07, 6.45) is 0.868. The van der Waals surface area contributed by atoms with E-state index in [0.717, 1.165) is 16.3 Å². The minimum absolute atomic E-state index is 0.0336. The van der Waals surface area contributed by atoms with Crippen LogP contribution in [0.5, 0.6) is 0 Å². The smallest absolute Gasteiger partial charge is 0.302 e. The Morgan fingerprint density at radius 3 is 2.32 bits per heavy atom. The fourth-order valence-electron chi connectivity index (χ4n) is 2.07. The van der Waals surface area contributed by atoms with Crippen LogP contribution in [0.3, 0.4) is 0 Å². The van der Waals surface area contributed by atoms with Crippen molar-refractivity contribution in [2.45, 2.75) is 18.2 Å². The Morgan fingerprint density at radius 2 is 1.72 bits per heavy atom. The quantitative estimate of drug-likeness (QED) is 0.654. The highest BCUT2D eigenvalue weighted by Crippen LogP contribution is 2.04. The molecule has 2 N–H and O–H groups in total. The number of benzene rings is 1. The van der Waals surface area contributed by atoms with E-state index in [9.17, 15) is 22.8 Å². The predicted molar refractivity (Wildman–Crippen MR) is 90.3 cm³/mol. The van der Waals surface area contributed by atoms with Crippen molar-refractivity contribution in [2.75, 3.05) is 0 Å². The molecule has 0 aliphatic rings. The maximum atomic E-state index is 12.2. The van der Waals surface area contributed by atoms with Gasteiger partial charge in [0.05, 0.1) is 6.42 Å². The lowest BCUT2D eigenvalue weighted by molar-refractivity contribution is -0.120. The van der Waals surface area contributed by atoms with Crippen molar-refractivity contribution in [3.8, 4) is 0 Å². The third kappa shape index (κ3) is 4.22. The average molecular weight is 366 g/mol. The molecule has 1 amide bonds. The molecule has 0 radical (unpaired) electrons. The number of hydrazine groups is 1. The van der Waals surface area contributed by atoms with Crippen molar-refractivity contribution in [3.05, 3.63) is 62.4 Å². The molecule has 2 aromatic rings. The first kappa shape index (κ1) is 18.6. The lowest BCUT2D eigenvalue weighted by Gasteiger charge is -2.10. The zero-order chi connectivity index (χ0) is 18.8. The van der Waals surface area contributed by atoms with Gasteiger partial charge in [-0.05, 0) is 12.5 Å². The zero-order valence-corrected chi connectivity index (χ0v) is 14.8. The largest absolute Gasteiger partial charge is 0.330 e. The minimum Gasteiger partial charge on any atom is -0.302 e. The summed E-state index contributed by atoms with van der Waals surface area (Å²) in [6, 6.07) is 7.18. The van der Waals surface area contributed by atoms with Gasteiger partial charge in [-0.1, -0.05) is 29.8 Å². The van der Waals surface area contributed by atoms with Crippen LogP contribution in [-0.2, 0) is 35.3 Å². The zero-order valence-electron chi connectivity index (χ0n) is 13.9. The van der Waals surface area contributed by atoms with Gasteiger partial charge in [0.2, 0.25) is 5.91 Å². The van der Waals surface area contributed by atoms with E-state index < -0.39 is 32.1 Å². The van der Waals surface area contributed by atoms with Crippen molar-refractivity contribution < 1.29 is 13.2 Å². The van der Waals surface area contributed by atoms with Crippen molar-refractivity contribution >= 4 is 15.9 Å². The second-order valence-electron chi connectivity index (χ2n) is 5.57. The molecule has 0 bridgehead atoms. The lowest BCUT2D eigenvalue weighted by Crippen LogP contribution is -2.46. The van der Waals surface area contributed by atoms with E-state index in [1.807, 2.05) is 23.9 Å². The van der Waals surface area contributed by atoms with Crippen LogP contribution in [0.25, 0.3) is 0 Å². The first-order chi connectivity index (χ1) is 11.6. The molecule has 1 aromatic carbocycles. The SMILES string of the molecule is Cc1ccc(CC(=O)NNS(=O)(=O)c2cn(C)c(=O)n(C)c2=O)cc1. The molecular weight excluding hydrogens is 348 g/mol. The number of carbonyl (C=O) groups is 1. The molecule has 0 saturated heterocycles. The standard InChI is InChI=1S/C15H18N4O5S/c1-10-4-6-11(7-5-10)8-13(20)16-17-25(23,24)12-9-18(2)15(22)19(3)14(12)21/h4-7,9,17H,8H2,1-3H3,(H,16,20). The van der Waals surface area contributed by atoms with Gasteiger partial charge in [-0.25, -0.2) is 13.2 Å². The molecule has 0 spiro atoms. The Labute approximate surface area is 143 Å². The minimum atomic E-state index is -4.32. The number of sulfonamides is 1. The van der Waals surface area contributed by atoms with Gasteiger partial charge in [0, 0.05) is 20.3 Å². The van der Waals surface area contributed by atoms with E-state index in [1.165, 1.54) is 14.1 Å². The number of aryl methyl sites for hydroxylation is 2. The fraction of sp³-hybridized carbons (Fsp3) is 0.267. The number of hydrogen-bond donors (Lipinski definition) is 2. The summed E-state index contributed by atoms with van der Waals surface area (Å²) >= 11 is 0. The first-order valence-electron chi connectivity index (χ1n) is 7.24. The van der Waals surface area contributed by atoms with Crippen LogP contribution in [0.4, 0.5) is 0 Å². The molecule has 10 heteroatoms. The summed E-state index contributed by atoms with van der Waals surface area (Å²) in [5.74, 6) is -0.589. The van der Waals surface area contributed by atoms with Crippen LogP contribution in [0, 0.1) is 6.92 Å². The molecule has 0 saturated carbocycles. The van der Waals surface area contributed by atoms with Crippen molar-refractivity contribution in [3.63, 3.8) is 0 Å². The molecule has 0 atom stereocenters. The Balaban J connectivity index is 2.14. The topological polar surface area (TPSA) is 119 Å². The monoisotopic (exact) mass is 366 g/mol. The fourth-order valence-corrected chi connectivity index (χ4v) is 3.10. The van der Waals surface area contributed by atoms with Gasteiger partial charge in [0.25, 0.3) is 15.6 Å². The van der Waals surface area contributed by atoms with E-state index in [-0.39, 0.29) is 6.42 Å². The Hall–Kier alpha value is -2.72. The van der Waals surface area contributed by atoms with Crippen LogP contribution in [0.1, 0.15) is 11.1 Å². The Morgan fingerprint density at radius 1 is 1.12 bits per heavy atom. The normalized spacial score (nSPS) is 11.3. The number of carbonyl (C=O) groups excluding carboxylic acids is 1. The highest BCUT2D eigenvalue weighted by Gasteiger charge is 2.22. The second-order valence-corrected chi connectivity index (χ2v) is 7.22. The van der Waals surface area contributed by atoms with Gasteiger partial charge < -0.3 is 4.57 Å². The maximum absolute atomic E-state index is 12.2. The molecule has 0 fully saturated rings. The summed E-state index contributed by atoms with van der Waals surface area (Å²) in [5.41, 5.74) is 2.16. The number of hydrogen-bond acceptors (Lipinski definition) is 5. The van der Waals surface area contributed by atoms with Gasteiger partial charge in [0.15, 0.2) is 4.90 Å². The van der Waals surface area contributed by atoms with Gasteiger partial charge in [-0.3, -0.25) is 19.6 Å². The van der Waals surface area contributed by atoms with E-state index in [2.05, 4.69) is 5.43 Å². The third-order valence-electron chi connectivity index (χ3n) is 3.51. The first-order valence-corrected chi connectivity index (χ1v) is 8.73. The van der Waals surface area contributed by atoms with E-state index in [1.54, 1.807) is 12.1 Å². The van der Waals surface area contributed by atoms with Crippen LogP contribution in [0.2, 0.25) is 0 Å². The number of rotatable bonds is 5. The van der Waals surface area contributed by atoms with E-state index >= 15 is 0 Å². The Bertz CT molecular complexity index is 1020. The molecule has 0 unspecified atom stereocenters. The average Bonchev–Trinajstić information content (AvgIpc) is 2.56. The van der Waals surface area contributed by atoms with Crippen LogP contribution in [0.15, 0.2) is 44.9 Å². The van der Waals surface area contributed by atoms with Crippen molar-refractivity contribution in [2.24, 2.45) is 14.1 Å². The van der Waals surface area contributed by atoms with Crippen LogP contribution in [-0.4, -0.2) is 23.5 Å². The number of nitrogens with zero attached hydrogens (tertiary/aromatic N) is 2. The molecule has 25 heavy (non-hydrogen) atoms. The van der Waals surface area contributed by atoms with E-state index in [0.29, 0.717) is 10.1 Å². The summed E-state index contributed by atoms with van der Waals surface area (Å²) < 4.78 is 26.1. The van der Waals surface area contributed by atoms with Crippen LogP contribution >= 0.6 is 0 Å². The molecule has 0 aliphatic carbocycles. The van der Waals surface area contributed by atoms with Crippen molar-refractivity contribution in [1.82, 2.24) is 19.4 Å². The Kier molecular flexibility index (Phi) is 5.24. The van der Waals surface area contributed by atoms with E-state index in [4.69, 9.17) is 0 Å². The van der Waals surface area contributed by atoms with Gasteiger partial charge in [-0.2, -0.15) is 0 Å². The molecule has 1 heterocycles. The highest BCUT2D eigenvalue weighted by molar-refractivity contribution is 7.89. The molecule has 9 nitrogen and oxygen atoms in total. The third-order valence-corrected chi connectivity index (χ3v) is 4.74. The van der Waals surface area contributed by atoms with Crippen molar-refractivity contribution in [1.29, 1.82) is 0 Å². The summed E-state index contributed by atoms with van der Waals surface area (Å²) in [5, 5.41) is 0.